The molecule has 72 valence electrons. The van der Waals surface area contributed by atoms with Gasteiger partial charge in [0.2, 0.25) is 0 Å². The van der Waals surface area contributed by atoms with E-state index in [1.165, 1.54) is 6.92 Å². The Hall–Kier alpha value is -1.48. The molecule has 1 heterocycles. The lowest BCUT2D eigenvalue weighted by molar-refractivity contribution is 0.101. The van der Waals surface area contributed by atoms with Crippen LogP contribution in [0.4, 0.5) is 0 Å². The summed E-state index contributed by atoms with van der Waals surface area (Å²) in [4.78, 5) is 11.1. The first-order valence-electron chi connectivity index (χ1n) is 4.01. The molecule has 2 rings (SSSR count). The number of Topliss-reactive ketones (excluding diaryl/α,β-unsaturated/α-hetero) is 1. The number of hydrogen-bond acceptors (Lipinski definition) is 3. The molecule has 0 saturated heterocycles. The minimum absolute atomic E-state index is 0.151. The zero-order valence-electron chi connectivity index (χ0n) is 7.37. The van der Waals surface area contributed by atoms with Crippen LogP contribution in [-0.2, 0) is 0 Å². The molecule has 14 heavy (non-hydrogen) atoms. The number of phenols is 1. The van der Waals surface area contributed by atoms with Crippen LogP contribution >= 0.6 is 11.6 Å². The van der Waals surface area contributed by atoms with E-state index in [1.54, 1.807) is 18.2 Å². The van der Waals surface area contributed by atoms with Gasteiger partial charge < -0.3 is 9.52 Å². The van der Waals surface area contributed by atoms with E-state index >= 15 is 0 Å². The molecule has 4 heteroatoms. The zero-order chi connectivity index (χ0) is 10.3. The standard InChI is InChI=1S/C10H7ClO3/c1-5(12)7-3-2-6-4-8(11)14-10(6)9(7)13/h2-4,13H,1H3. The van der Waals surface area contributed by atoms with Crippen LogP contribution in [-0.4, -0.2) is 10.9 Å². The normalized spacial score (nSPS) is 10.7. The highest BCUT2D eigenvalue weighted by Crippen LogP contribution is 2.33. The van der Waals surface area contributed by atoms with E-state index in [1.807, 2.05) is 0 Å². The molecular weight excluding hydrogens is 204 g/mol. The third kappa shape index (κ3) is 1.26. The number of hydrogen-bond donors (Lipinski definition) is 1. The fourth-order valence-electron chi connectivity index (χ4n) is 1.34. The number of aromatic hydroxyl groups is 1. The van der Waals surface area contributed by atoms with Crippen molar-refractivity contribution in [2.75, 3.05) is 0 Å². The average molecular weight is 211 g/mol. The van der Waals surface area contributed by atoms with E-state index in [4.69, 9.17) is 16.0 Å². The Balaban J connectivity index is 2.80. The Morgan fingerprint density at radius 3 is 2.86 bits per heavy atom. The molecule has 1 aromatic heterocycles. The summed E-state index contributed by atoms with van der Waals surface area (Å²) in [6.45, 7) is 1.38. The zero-order valence-corrected chi connectivity index (χ0v) is 8.13. The van der Waals surface area contributed by atoms with Gasteiger partial charge in [-0.3, -0.25) is 4.79 Å². The van der Waals surface area contributed by atoms with Crippen molar-refractivity contribution >= 4 is 28.4 Å². The summed E-state index contributed by atoms with van der Waals surface area (Å²) in [7, 11) is 0. The van der Waals surface area contributed by atoms with Crippen LogP contribution in [0.5, 0.6) is 5.75 Å². The Kier molecular flexibility index (Phi) is 1.97. The highest BCUT2D eigenvalue weighted by Gasteiger charge is 2.13. The summed E-state index contributed by atoms with van der Waals surface area (Å²) in [5.41, 5.74) is 0.492. The molecule has 0 saturated carbocycles. The maximum absolute atomic E-state index is 11.1. The van der Waals surface area contributed by atoms with Crippen LogP contribution < -0.4 is 0 Å². The van der Waals surface area contributed by atoms with E-state index in [-0.39, 0.29) is 27.9 Å². The summed E-state index contributed by atoms with van der Waals surface area (Å²) >= 11 is 5.62. The van der Waals surface area contributed by atoms with Crippen molar-refractivity contribution in [2.45, 2.75) is 6.92 Å². The summed E-state index contributed by atoms with van der Waals surface area (Å²) in [5, 5.41) is 10.5. The Morgan fingerprint density at radius 1 is 1.50 bits per heavy atom. The van der Waals surface area contributed by atoms with E-state index in [2.05, 4.69) is 0 Å². The van der Waals surface area contributed by atoms with Gasteiger partial charge in [0.1, 0.15) is 0 Å². The SMILES string of the molecule is CC(=O)c1ccc2cc(Cl)oc2c1O. The van der Waals surface area contributed by atoms with Crippen molar-refractivity contribution < 1.29 is 14.3 Å². The molecule has 0 spiro atoms. The maximum Gasteiger partial charge on any atom is 0.194 e. The van der Waals surface area contributed by atoms with Gasteiger partial charge in [-0.2, -0.15) is 0 Å². The summed E-state index contributed by atoms with van der Waals surface area (Å²) in [6, 6.07) is 4.81. The topological polar surface area (TPSA) is 50.4 Å². The number of ketones is 1. The van der Waals surface area contributed by atoms with Gasteiger partial charge in [-0.15, -0.1) is 0 Å². The number of benzene rings is 1. The van der Waals surface area contributed by atoms with Crippen LogP contribution in [0.15, 0.2) is 22.6 Å². The first kappa shape index (κ1) is 9.09. The van der Waals surface area contributed by atoms with Gasteiger partial charge in [0, 0.05) is 11.5 Å². The minimum Gasteiger partial charge on any atom is -0.504 e. The fourth-order valence-corrected chi connectivity index (χ4v) is 1.54. The van der Waals surface area contributed by atoms with Crippen molar-refractivity contribution in [3.63, 3.8) is 0 Å². The molecule has 1 aromatic carbocycles. The molecule has 0 fully saturated rings. The van der Waals surface area contributed by atoms with Crippen LogP contribution in [0.1, 0.15) is 17.3 Å². The van der Waals surface area contributed by atoms with Crippen molar-refractivity contribution in [2.24, 2.45) is 0 Å². The Bertz CT molecular complexity index is 513. The van der Waals surface area contributed by atoms with Crippen molar-refractivity contribution in [3.8, 4) is 5.75 Å². The molecule has 0 aliphatic carbocycles. The van der Waals surface area contributed by atoms with Gasteiger partial charge in [0.25, 0.3) is 0 Å². The fraction of sp³-hybridized carbons (Fsp3) is 0.100. The van der Waals surface area contributed by atoms with Gasteiger partial charge in [-0.1, -0.05) is 6.07 Å². The molecule has 0 bridgehead atoms. The lowest BCUT2D eigenvalue weighted by Crippen LogP contribution is -1.91. The molecule has 0 atom stereocenters. The van der Waals surface area contributed by atoms with Gasteiger partial charge in [0.15, 0.2) is 22.3 Å². The molecular formula is C10H7ClO3. The number of rotatable bonds is 1. The second-order valence-electron chi connectivity index (χ2n) is 2.99. The first-order valence-corrected chi connectivity index (χ1v) is 4.39. The van der Waals surface area contributed by atoms with Gasteiger partial charge in [-0.25, -0.2) is 0 Å². The lowest BCUT2D eigenvalue weighted by Gasteiger charge is -1.99. The second kappa shape index (κ2) is 3.03. The van der Waals surface area contributed by atoms with Gasteiger partial charge >= 0.3 is 0 Å². The van der Waals surface area contributed by atoms with E-state index in [0.29, 0.717) is 5.39 Å². The minimum atomic E-state index is -0.211. The van der Waals surface area contributed by atoms with E-state index < -0.39 is 0 Å². The number of carbonyl (C=O) groups excluding carboxylic acids is 1. The molecule has 0 amide bonds. The molecule has 0 aliphatic rings. The average Bonchev–Trinajstić information content (AvgIpc) is 2.46. The molecule has 0 unspecified atom stereocenters. The monoisotopic (exact) mass is 210 g/mol. The first-order chi connectivity index (χ1) is 6.59. The molecule has 1 N–H and O–H groups in total. The number of fused-ring (bicyclic) bond motifs is 1. The van der Waals surface area contributed by atoms with Crippen molar-refractivity contribution in [3.05, 3.63) is 29.0 Å². The summed E-state index contributed by atoms with van der Waals surface area (Å²) in [6.07, 6.45) is 0. The number of carbonyl (C=O) groups is 1. The molecule has 2 aromatic rings. The predicted molar refractivity (Wildman–Crippen MR) is 52.9 cm³/mol. The maximum atomic E-state index is 11.1. The summed E-state index contributed by atoms with van der Waals surface area (Å²) < 4.78 is 5.05. The van der Waals surface area contributed by atoms with Crippen LogP contribution in [0.3, 0.4) is 0 Å². The van der Waals surface area contributed by atoms with Gasteiger partial charge in [0.05, 0.1) is 5.56 Å². The number of halogens is 1. The lowest BCUT2D eigenvalue weighted by atomic mass is 10.1. The Labute approximate surface area is 84.9 Å². The predicted octanol–water partition coefficient (Wildman–Crippen LogP) is 2.99. The number of phenolic OH excluding ortho intramolecular Hbond substituents is 1. The third-order valence-corrected chi connectivity index (χ3v) is 2.20. The van der Waals surface area contributed by atoms with Crippen LogP contribution in [0, 0.1) is 0 Å². The van der Waals surface area contributed by atoms with E-state index in [0.717, 1.165) is 0 Å². The van der Waals surface area contributed by atoms with E-state index in [9.17, 15) is 9.90 Å². The highest BCUT2D eigenvalue weighted by molar-refractivity contribution is 6.29. The van der Waals surface area contributed by atoms with Gasteiger partial charge in [-0.05, 0) is 24.6 Å². The molecule has 3 nitrogen and oxygen atoms in total. The molecule has 0 radical (unpaired) electrons. The van der Waals surface area contributed by atoms with Crippen LogP contribution in [0.2, 0.25) is 5.22 Å². The Morgan fingerprint density at radius 2 is 2.21 bits per heavy atom. The smallest absolute Gasteiger partial charge is 0.194 e. The summed E-state index contributed by atoms with van der Waals surface area (Å²) in [5.74, 6) is -0.362. The highest BCUT2D eigenvalue weighted by atomic mass is 35.5. The third-order valence-electron chi connectivity index (χ3n) is 2.01. The van der Waals surface area contributed by atoms with Crippen molar-refractivity contribution in [1.82, 2.24) is 0 Å². The second-order valence-corrected chi connectivity index (χ2v) is 3.36. The molecule has 0 aliphatic heterocycles. The van der Waals surface area contributed by atoms with Crippen LogP contribution in [0.25, 0.3) is 11.0 Å². The number of furan rings is 1. The quantitative estimate of drug-likeness (QED) is 0.737. The largest absolute Gasteiger partial charge is 0.504 e. The van der Waals surface area contributed by atoms with Crippen molar-refractivity contribution in [1.29, 1.82) is 0 Å².